The van der Waals surface area contributed by atoms with Gasteiger partial charge in [-0.25, -0.2) is 9.97 Å². The number of rotatable bonds is 5. The number of thioether (sulfide) groups is 1. The van der Waals surface area contributed by atoms with E-state index in [1.54, 1.807) is 29.2 Å². The van der Waals surface area contributed by atoms with Gasteiger partial charge in [0, 0.05) is 18.7 Å². The van der Waals surface area contributed by atoms with E-state index in [1.807, 2.05) is 0 Å². The van der Waals surface area contributed by atoms with E-state index in [4.69, 9.17) is 4.74 Å². The van der Waals surface area contributed by atoms with E-state index in [0.29, 0.717) is 24.4 Å². The molecule has 0 bridgehead atoms. The number of hydrogen-bond acceptors (Lipinski definition) is 5. The summed E-state index contributed by atoms with van der Waals surface area (Å²) in [5, 5.41) is -0.0665. The molecule has 2 heterocycles. The van der Waals surface area contributed by atoms with Gasteiger partial charge in [-0.3, -0.25) is 4.79 Å². The summed E-state index contributed by atoms with van der Waals surface area (Å²) in [7, 11) is 1.51. The van der Waals surface area contributed by atoms with Crippen LogP contribution in [0.25, 0.3) is 11.3 Å². The summed E-state index contributed by atoms with van der Waals surface area (Å²) in [5.41, 5.74) is -0.369. The quantitative estimate of drug-likeness (QED) is 0.566. The first-order chi connectivity index (χ1) is 12.9. The van der Waals surface area contributed by atoms with Crippen molar-refractivity contribution in [1.29, 1.82) is 0 Å². The summed E-state index contributed by atoms with van der Waals surface area (Å²) >= 11 is 0.924. The fraction of sp³-hybridized carbons (Fsp3) is 0.389. The molecule has 0 spiro atoms. The van der Waals surface area contributed by atoms with E-state index >= 15 is 0 Å². The Labute approximate surface area is 158 Å². The van der Waals surface area contributed by atoms with Gasteiger partial charge in [0.15, 0.2) is 5.16 Å². The van der Waals surface area contributed by atoms with Crippen LogP contribution in [0.3, 0.4) is 0 Å². The van der Waals surface area contributed by atoms with Crippen LogP contribution < -0.4 is 4.74 Å². The van der Waals surface area contributed by atoms with Gasteiger partial charge in [-0.05, 0) is 43.2 Å². The molecule has 0 N–H and O–H groups in total. The number of carbonyl (C=O) groups excluding carboxylic acids is 1. The van der Waals surface area contributed by atoms with Gasteiger partial charge in [0.05, 0.1) is 18.6 Å². The molecule has 2 aromatic rings. The molecule has 9 heteroatoms. The van der Waals surface area contributed by atoms with Crippen LogP contribution in [0.4, 0.5) is 13.2 Å². The highest BCUT2D eigenvalue weighted by molar-refractivity contribution is 7.99. The van der Waals surface area contributed by atoms with Crippen molar-refractivity contribution in [2.45, 2.75) is 24.2 Å². The molecule has 3 rings (SSSR count). The standard InChI is InChI=1S/C18H18F3N3O2S/c1-26-13-6-4-12(5-7-13)14-10-15(18(19,20)21)23-17(22-14)27-11-16(25)24-8-2-3-9-24/h4-7,10H,2-3,8-9,11H2,1H3. The lowest BCUT2D eigenvalue weighted by atomic mass is 10.1. The molecular formula is C18H18F3N3O2S. The maximum absolute atomic E-state index is 13.2. The SMILES string of the molecule is COc1ccc(-c2cc(C(F)(F)F)nc(SCC(=O)N3CCCC3)n2)cc1. The molecule has 1 saturated heterocycles. The Morgan fingerprint density at radius 2 is 1.85 bits per heavy atom. The Kier molecular flexibility index (Phi) is 5.88. The van der Waals surface area contributed by atoms with Gasteiger partial charge >= 0.3 is 6.18 Å². The maximum atomic E-state index is 13.2. The molecule has 27 heavy (non-hydrogen) atoms. The van der Waals surface area contributed by atoms with Crippen LogP contribution in [0.15, 0.2) is 35.5 Å². The summed E-state index contributed by atoms with van der Waals surface area (Å²) in [6, 6.07) is 7.47. The van der Waals surface area contributed by atoms with Crippen molar-refractivity contribution < 1.29 is 22.7 Å². The van der Waals surface area contributed by atoms with Gasteiger partial charge in [-0.2, -0.15) is 13.2 Å². The highest BCUT2D eigenvalue weighted by atomic mass is 32.2. The predicted molar refractivity (Wildman–Crippen MR) is 95.6 cm³/mol. The third-order valence-corrected chi connectivity index (χ3v) is 5.00. The van der Waals surface area contributed by atoms with Crippen molar-refractivity contribution in [3.8, 4) is 17.0 Å². The largest absolute Gasteiger partial charge is 0.497 e. The molecule has 1 aliphatic rings. The fourth-order valence-electron chi connectivity index (χ4n) is 2.73. The lowest BCUT2D eigenvalue weighted by Crippen LogP contribution is -2.29. The van der Waals surface area contributed by atoms with Crippen LogP contribution in [0.2, 0.25) is 0 Å². The molecule has 0 atom stereocenters. The second-order valence-corrected chi connectivity index (χ2v) is 6.97. The molecule has 0 unspecified atom stereocenters. The Morgan fingerprint density at radius 3 is 2.44 bits per heavy atom. The first kappa shape index (κ1) is 19.5. The second-order valence-electron chi connectivity index (χ2n) is 6.02. The summed E-state index contributed by atoms with van der Waals surface area (Å²) < 4.78 is 44.8. The summed E-state index contributed by atoms with van der Waals surface area (Å²) in [6.45, 7) is 1.39. The van der Waals surface area contributed by atoms with Crippen molar-refractivity contribution in [3.63, 3.8) is 0 Å². The molecule has 1 aliphatic heterocycles. The van der Waals surface area contributed by atoms with Crippen molar-refractivity contribution in [3.05, 3.63) is 36.0 Å². The molecule has 1 fully saturated rings. The van der Waals surface area contributed by atoms with E-state index in [1.165, 1.54) is 7.11 Å². The third-order valence-electron chi connectivity index (χ3n) is 4.17. The van der Waals surface area contributed by atoms with Crippen LogP contribution in [0, 0.1) is 0 Å². The average molecular weight is 397 g/mol. The van der Waals surface area contributed by atoms with Gasteiger partial charge < -0.3 is 9.64 Å². The van der Waals surface area contributed by atoms with Crippen molar-refractivity contribution in [2.75, 3.05) is 26.0 Å². The third kappa shape index (κ3) is 4.91. The topological polar surface area (TPSA) is 55.3 Å². The van der Waals surface area contributed by atoms with E-state index < -0.39 is 11.9 Å². The number of ether oxygens (including phenoxy) is 1. The number of carbonyl (C=O) groups is 1. The van der Waals surface area contributed by atoms with E-state index in [-0.39, 0.29) is 22.5 Å². The number of hydrogen-bond donors (Lipinski definition) is 0. The summed E-state index contributed by atoms with van der Waals surface area (Å²) in [6.07, 6.45) is -2.69. The molecule has 0 saturated carbocycles. The maximum Gasteiger partial charge on any atom is 0.433 e. The number of alkyl halides is 3. The summed E-state index contributed by atoms with van der Waals surface area (Å²) in [4.78, 5) is 21.7. The molecular weight excluding hydrogens is 379 g/mol. The Bertz CT molecular complexity index is 806. The van der Waals surface area contributed by atoms with Crippen molar-refractivity contribution in [2.24, 2.45) is 0 Å². The lowest BCUT2D eigenvalue weighted by Gasteiger charge is -2.15. The minimum atomic E-state index is -4.60. The molecule has 1 aromatic carbocycles. The second kappa shape index (κ2) is 8.16. The predicted octanol–water partition coefficient (Wildman–Crippen LogP) is 3.89. The fourth-order valence-corrected chi connectivity index (χ4v) is 3.49. The minimum absolute atomic E-state index is 0.0172. The highest BCUT2D eigenvalue weighted by Crippen LogP contribution is 2.32. The zero-order chi connectivity index (χ0) is 19.4. The summed E-state index contributed by atoms with van der Waals surface area (Å²) in [5.74, 6) is 0.503. The Hall–Kier alpha value is -2.29. The zero-order valence-corrected chi connectivity index (χ0v) is 15.4. The van der Waals surface area contributed by atoms with Gasteiger partial charge in [0.2, 0.25) is 5.91 Å². The number of methoxy groups -OCH3 is 1. The van der Waals surface area contributed by atoms with Gasteiger partial charge in [-0.1, -0.05) is 11.8 Å². The van der Waals surface area contributed by atoms with Crippen LogP contribution in [-0.4, -0.2) is 46.7 Å². The molecule has 0 aliphatic carbocycles. The minimum Gasteiger partial charge on any atom is -0.497 e. The lowest BCUT2D eigenvalue weighted by molar-refractivity contribution is -0.141. The van der Waals surface area contributed by atoms with E-state index in [2.05, 4.69) is 9.97 Å². The van der Waals surface area contributed by atoms with Crippen LogP contribution in [0.5, 0.6) is 5.75 Å². The Balaban J connectivity index is 1.84. The smallest absolute Gasteiger partial charge is 0.433 e. The van der Waals surface area contributed by atoms with Gasteiger partial charge in [0.25, 0.3) is 0 Å². The van der Waals surface area contributed by atoms with Crippen LogP contribution in [-0.2, 0) is 11.0 Å². The molecule has 1 aromatic heterocycles. The zero-order valence-electron chi connectivity index (χ0n) is 14.6. The van der Waals surface area contributed by atoms with Gasteiger partial charge in [0.1, 0.15) is 11.4 Å². The van der Waals surface area contributed by atoms with E-state index in [0.717, 1.165) is 30.7 Å². The monoisotopic (exact) mass is 397 g/mol. The number of halogens is 3. The first-order valence-corrected chi connectivity index (χ1v) is 9.36. The van der Waals surface area contributed by atoms with E-state index in [9.17, 15) is 18.0 Å². The number of benzene rings is 1. The molecule has 1 amide bonds. The molecule has 144 valence electrons. The van der Waals surface area contributed by atoms with Crippen LogP contribution in [0.1, 0.15) is 18.5 Å². The van der Waals surface area contributed by atoms with Crippen molar-refractivity contribution >= 4 is 17.7 Å². The number of aromatic nitrogens is 2. The van der Waals surface area contributed by atoms with Crippen LogP contribution >= 0.6 is 11.8 Å². The van der Waals surface area contributed by atoms with Crippen molar-refractivity contribution in [1.82, 2.24) is 14.9 Å². The highest BCUT2D eigenvalue weighted by Gasteiger charge is 2.34. The average Bonchev–Trinajstić information content (AvgIpc) is 3.20. The first-order valence-electron chi connectivity index (χ1n) is 8.38. The normalized spacial score (nSPS) is 14.4. The Morgan fingerprint density at radius 1 is 1.19 bits per heavy atom. The number of amides is 1. The molecule has 0 radical (unpaired) electrons. The van der Waals surface area contributed by atoms with Gasteiger partial charge in [-0.15, -0.1) is 0 Å². The number of likely N-dealkylation sites (tertiary alicyclic amines) is 1. The number of nitrogens with zero attached hydrogens (tertiary/aromatic N) is 3. The molecule has 5 nitrogen and oxygen atoms in total.